The van der Waals surface area contributed by atoms with Crippen molar-refractivity contribution >= 4 is 21.5 Å². The van der Waals surface area contributed by atoms with Gasteiger partial charge in [-0.25, -0.2) is 8.42 Å². The van der Waals surface area contributed by atoms with E-state index in [1.54, 1.807) is 6.07 Å². The largest absolute Gasteiger partial charge is 0.369 e. The molecule has 1 aromatic heterocycles. The van der Waals surface area contributed by atoms with E-state index < -0.39 is 9.84 Å². The van der Waals surface area contributed by atoms with Crippen molar-refractivity contribution in [3.05, 3.63) is 59.9 Å². The smallest absolute Gasteiger partial charge is 0.211 e. The number of nitrogens with two attached hydrogens (primary N) is 2. The Kier molecular flexibility index (Phi) is 4.52. The summed E-state index contributed by atoms with van der Waals surface area (Å²) in [7, 11) is -3.31. The molecule has 0 radical (unpaired) electrons. The Labute approximate surface area is 128 Å². The summed E-state index contributed by atoms with van der Waals surface area (Å²) in [4.78, 5) is 4.27. The van der Waals surface area contributed by atoms with Crippen LogP contribution in [0.4, 0.5) is 0 Å². The van der Waals surface area contributed by atoms with Crippen molar-refractivity contribution < 1.29 is 8.42 Å². The molecular weight excluding hydrogens is 302 g/mol. The highest BCUT2D eigenvalue weighted by atomic mass is 32.2. The number of hydrogen-bond donors (Lipinski definition) is 2. The minimum atomic E-state index is -3.31. The summed E-state index contributed by atoms with van der Waals surface area (Å²) in [5, 5.41) is 7.65. The van der Waals surface area contributed by atoms with Crippen molar-refractivity contribution in [1.29, 1.82) is 0 Å². The van der Waals surface area contributed by atoms with Crippen LogP contribution >= 0.6 is 0 Å². The highest BCUT2D eigenvalue weighted by Crippen LogP contribution is 2.12. The van der Waals surface area contributed by atoms with Crippen molar-refractivity contribution in [2.45, 2.75) is 4.90 Å². The second kappa shape index (κ2) is 6.35. The van der Waals surface area contributed by atoms with Crippen LogP contribution < -0.4 is 11.5 Å². The third-order valence-corrected chi connectivity index (χ3v) is 3.82. The van der Waals surface area contributed by atoms with Gasteiger partial charge in [-0.2, -0.15) is 0 Å². The van der Waals surface area contributed by atoms with Gasteiger partial charge in [-0.1, -0.05) is 30.3 Å². The van der Waals surface area contributed by atoms with E-state index in [1.165, 1.54) is 12.3 Å². The standard InChI is InChI=1S/C14H15N5O2S/c1-22(20,21)11-7-8-12(17-9-11)13(18-19-14(15)16)10-5-3-2-4-6-10/h2-9H,1H3,(H4,15,16,19)/b18-13-. The zero-order valence-corrected chi connectivity index (χ0v) is 12.7. The molecule has 0 fully saturated rings. The quantitative estimate of drug-likeness (QED) is 0.483. The molecule has 0 bridgehead atoms. The normalized spacial score (nSPS) is 12.0. The van der Waals surface area contributed by atoms with E-state index in [9.17, 15) is 8.42 Å². The predicted octanol–water partition coefficient (Wildman–Crippen LogP) is 0.511. The lowest BCUT2D eigenvalue weighted by molar-refractivity contribution is 0.601. The molecule has 0 aliphatic heterocycles. The zero-order chi connectivity index (χ0) is 16.2. The summed E-state index contributed by atoms with van der Waals surface area (Å²) in [6.45, 7) is 0. The SMILES string of the molecule is CS(=O)(=O)c1ccc(/C(=N\N=C(N)N)c2ccccc2)nc1. The lowest BCUT2D eigenvalue weighted by Crippen LogP contribution is -2.22. The molecule has 8 heteroatoms. The van der Waals surface area contributed by atoms with Crippen LogP contribution in [-0.4, -0.2) is 31.3 Å². The molecule has 0 saturated heterocycles. The summed E-state index contributed by atoms with van der Waals surface area (Å²) >= 11 is 0. The Hall–Kier alpha value is -2.74. The van der Waals surface area contributed by atoms with Crippen molar-refractivity contribution in [1.82, 2.24) is 4.98 Å². The van der Waals surface area contributed by atoms with Gasteiger partial charge < -0.3 is 11.5 Å². The van der Waals surface area contributed by atoms with Gasteiger partial charge in [-0.15, -0.1) is 10.2 Å². The van der Waals surface area contributed by atoms with Crippen molar-refractivity contribution in [2.24, 2.45) is 21.7 Å². The van der Waals surface area contributed by atoms with Gasteiger partial charge in [-0.05, 0) is 12.1 Å². The zero-order valence-electron chi connectivity index (χ0n) is 11.8. The first kappa shape index (κ1) is 15.6. The van der Waals surface area contributed by atoms with Crippen LogP contribution in [0.2, 0.25) is 0 Å². The number of pyridine rings is 1. The molecule has 2 rings (SSSR count). The summed E-state index contributed by atoms with van der Waals surface area (Å²) < 4.78 is 22.9. The van der Waals surface area contributed by atoms with E-state index in [2.05, 4.69) is 15.2 Å². The number of rotatable bonds is 4. The lowest BCUT2D eigenvalue weighted by atomic mass is 10.1. The molecule has 1 heterocycles. The molecule has 0 amide bonds. The molecule has 22 heavy (non-hydrogen) atoms. The summed E-state index contributed by atoms with van der Waals surface area (Å²) in [5.74, 6) is -0.179. The van der Waals surface area contributed by atoms with Crippen LogP contribution in [0.1, 0.15) is 11.3 Å². The van der Waals surface area contributed by atoms with Gasteiger partial charge in [0.15, 0.2) is 9.84 Å². The summed E-state index contributed by atoms with van der Waals surface area (Å²) in [6, 6.07) is 12.2. The number of nitrogens with zero attached hydrogens (tertiary/aromatic N) is 3. The Bertz CT molecular complexity index is 808. The van der Waals surface area contributed by atoms with E-state index >= 15 is 0 Å². The van der Waals surface area contributed by atoms with Crippen LogP contribution in [0.25, 0.3) is 0 Å². The number of aromatic nitrogens is 1. The van der Waals surface area contributed by atoms with Crippen LogP contribution in [0.5, 0.6) is 0 Å². The van der Waals surface area contributed by atoms with Gasteiger partial charge in [0.05, 0.1) is 10.6 Å². The average molecular weight is 317 g/mol. The van der Waals surface area contributed by atoms with Crippen LogP contribution in [-0.2, 0) is 9.84 Å². The molecular formula is C14H15N5O2S. The highest BCUT2D eigenvalue weighted by molar-refractivity contribution is 7.90. The molecule has 0 unspecified atom stereocenters. The third kappa shape index (κ3) is 3.89. The topological polar surface area (TPSA) is 124 Å². The van der Waals surface area contributed by atoms with Crippen LogP contribution in [0, 0.1) is 0 Å². The molecule has 4 N–H and O–H groups in total. The Morgan fingerprint density at radius 1 is 1.05 bits per heavy atom. The molecule has 0 saturated carbocycles. The van der Waals surface area contributed by atoms with Crippen molar-refractivity contribution in [3.63, 3.8) is 0 Å². The molecule has 114 valence electrons. The fourth-order valence-corrected chi connectivity index (χ4v) is 2.26. The highest BCUT2D eigenvalue weighted by Gasteiger charge is 2.12. The second-order valence-corrected chi connectivity index (χ2v) is 6.51. The van der Waals surface area contributed by atoms with Gasteiger partial charge in [0.2, 0.25) is 5.96 Å². The monoisotopic (exact) mass is 317 g/mol. The Morgan fingerprint density at radius 2 is 1.73 bits per heavy atom. The molecule has 0 aliphatic rings. The van der Waals surface area contributed by atoms with Gasteiger partial charge in [0.1, 0.15) is 5.71 Å². The molecule has 0 atom stereocenters. The molecule has 7 nitrogen and oxygen atoms in total. The van der Waals surface area contributed by atoms with Crippen molar-refractivity contribution in [3.8, 4) is 0 Å². The molecule has 2 aromatic rings. The minimum Gasteiger partial charge on any atom is -0.369 e. The Balaban J connectivity index is 2.51. The Morgan fingerprint density at radius 3 is 2.23 bits per heavy atom. The van der Waals surface area contributed by atoms with Crippen LogP contribution in [0.3, 0.4) is 0 Å². The summed E-state index contributed by atoms with van der Waals surface area (Å²) in [6.07, 6.45) is 2.40. The first-order valence-corrected chi connectivity index (χ1v) is 8.15. The molecule has 0 aliphatic carbocycles. The maximum absolute atomic E-state index is 11.5. The number of sulfone groups is 1. The first-order valence-electron chi connectivity index (χ1n) is 6.26. The number of guanidine groups is 1. The van der Waals surface area contributed by atoms with Crippen molar-refractivity contribution in [2.75, 3.05) is 6.26 Å². The minimum absolute atomic E-state index is 0.130. The maximum Gasteiger partial charge on any atom is 0.211 e. The van der Waals surface area contributed by atoms with E-state index in [0.717, 1.165) is 11.8 Å². The second-order valence-electron chi connectivity index (χ2n) is 4.49. The average Bonchev–Trinajstić information content (AvgIpc) is 2.48. The van der Waals surface area contributed by atoms with E-state index in [-0.39, 0.29) is 10.9 Å². The number of hydrogen-bond acceptors (Lipinski definition) is 5. The van der Waals surface area contributed by atoms with Gasteiger partial charge in [-0.3, -0.25) is 4.98 Å². The third-order valence-electron chi connectivity index (χ3n) is 2.72. The number of benzene rings is 1. The predicted molar refractivity (Wildman–Crippen MR) is 85.2 cm³/mol. The van der Waals surface area contributed by atoms with Crippen LogP contribution in [0.15, 0.2) is 63.8 Å². The van der Waals surface area contributed by atoms with E-state index in [0.29, 0.717) is 11.4 Å². The van der Waals surface area contributed by atoms with Gasteiger partial charge >= 0.3 is 0 Å². The fourth-order valence-electron chi connectivity index (χ4n) is 1.70. The summed E-state index contributed by atoms with van der Waals surface area (Å²) in [5.41, 5.74) is 12.3. The maximum atomic E-state index is 11.5. The molecule has 1 aromatic carbocycles. The van der Waals surface area contributed by atoms with Gasteiger partial charge in [0.25, 0.3) is 0 Å². The van der Waals surface area contributed by atoms with E-state index in [4.69, 9.17) is 11.5 Å². The molecule has 0 spiro atoms. The lowest BCUT2D eigenvalue weighted by Gasteiger charge is -2.05. The van der Waals surface area contributed by atoms with E-state index in [1.807, 2.05) is 30.3 Å². The van der Waals surface area contributed by atoms with Gasteiger partial charge in [0, 0.05) is 18.0 Å². The first-order chi connectivity index (χ1) is 10.4. The fraction of sp³-hybridized carbons (Fsp3) is 0.0714.